The third-order valence-electron chi connectivity index (χ3n) is 1.22. The standard InChI is InChI=1S/C6H14N2/c1-5(2)6(3)4-8-7/h4-5,8H,7H2,1-3H3/b6-4+. The number of hydrogen-bond donors (Lipinski definition) is 2. The van der Waals surface area contributed by atoms with Crippen molar-refractivity contribution in [1.82, 2.24) is 5.43 Å². The van der Waals surface area contributed by atoms with E-state index in [2.05, 4.69) is 19.3 Å². The van der Waals surface area contributed by atoms with E-state index < -0.39 is 0 Å². The maximum Gasteiger partial charge on any atom is 0.0114 e. The lowest BCUT2D eigenvalue weighted by Gasteiger charge is -2.02. The van der Waals surface area contributed by atoms with Crippen LogP contribution < -0.4 is 11.3 Å². The lowest BCUT2D eigenvalue weighted by Crippen LogP contribution is -2.14. The zero-order valence-electron chi connectivity index (χ0n) is 5.73. The summed E-state index contributed by atoms with van der Waals surface area (Å²) in [6.45, 7) is 6.30. The third kappa shape index (κ3) is 2.64. The molecule has 0 radical (unpaired) electrons. The number of hydrogen-bond acceptors (Lipinski definition) is 2. The summed E-state index contributed by atoms with van der Waals surface area (Å²) < 4.78 is 0. The van der Waals surface area contributed by atoms with Gasteiger partial charge in [-0.1, -0.05) is 19.4 Å². The molecular formula is C6H14N2. The molecule has 2 heteroatoms. The summed E-state index contributed by atoms with van der Waals surface area (Å²) in [6.07, 6.45) is 1.81. The molecule has 8 heavy (non-hydrogen) atoms. The fourth-order valence-electron chi connectivity index (χ4n) is 0.298. The van der Waals surface area contributed by atoms with Crippen LogP contribution in [0, 0.1) is 5.92 Å². The summed E-state index contributed by atoms with van der Waals surface area (Å²) in [5.74, 6) is 5.63. The SMILES string of the molecule is C/C(=C\NN)C(C)C. The first-order chi connectivity index (χ1) is 3.68. The van der Waals surface area contributed by atoms with E-state index in [1.807, 2.05) is 13.1 Å². The van der Waals surface area contributed by atoms with Crippen molar-refractivity contribution in [2.75, 3.05) is 0 Å². The van der Waals surface area contributed by atoms with Gasteiger partial charge in [-0.3, -0.25) is 5.84 Å². The molecule has 0 saturated carbocycles. The van der Waals surface area contributed by atoms with Gasteiger partial charge in [0.2, 0.25) is 0 Å². The molecular weight excluding hydrogens is 100 g/mol. The second kappa shape index (κ2) is 3.50. The number of nitrogens with one attached hydrogen (secondary N) is 1. The van der Waals surface area contributed by atoms with Crippen molar-refractivity contribution in [3.63, 3.8) is 0 Å². The lowest BCUT2D eigenvalue weighted by molar-refractivity contribution is 0.751. The highest BCUT2D eigenvalue weighted by molar-refractivity contribution is 4.98. The van der Waals surface area contributed by atoms with Gasteiger partial charge in [0, 0.05) is 6.20 Å². The summed E-state index contributed by atoms with van der Waals surface area (Å²) in [5.41, 5.74) is 3.76. The van der Waals surface area contributed by atoms with Crippen LogP contribution in [-0.4, -0.2) is 0 Å². The average Bonchev–Trinajstić information content (AvgIpc) is 1.67. The highest BCUT2D eigenvalue weighted by Crippen LogP contribution is 2.04. The Balaban J connectivity index is 3.61. The average molecular weight is 114 g/mol. The minimum Gasteiger partial charge on any atom is -0.331 e. The summed E-state index contributed by atoms with van der Waals surface area (Å²) in [7, 11) is 0. The summed E-state index contributed by atoms with van der Waals surface area (Å²) in [5, 5.41) is 0. The van der Waals surface area contributed by atoms with Crippen molar-refractivity contribution in [2.45, 2.75) is 20.8 Å². The number of hydrazine groups is 1. The Hall–Kier alpha value is -0.500. The zero-order valence-corrected chi connectivity index (χ0v) is 5.73. The van der Waals surface area contributed by atoms with Crippen LogP contribution in [0.3, 0.4) is 0 Å². The Kier molecular flexibility index (Phi) is 3.28. The van der Waals surface area contributed by atoms with E-state index in [0.29, 0.717) is 5.92 Å². The topological polar surface area (TPSA) is 38.0 Å². The van der Waals surface area contributed by atoms with Gasteiger partial charge in [-0.2, -0.15) is 0 Å². The van der Waals surface area contributed by atoms with Crippen molar-refractivity contribution in [1.29, 1.82) is 0 Å². The van der Waals surface area contributed by atoms with Crippen molar-refractivity contribution < 1.29 is 0 Å². The van der Waals surface area contributed by atoms with Gasteiger partial charge in [-0.15, -0.1) is 0 Å². The molecule has 0 bridgehead atoms. The van der Waals surface area contributed by atoms with Crippen molar-refractivity contribution in [2.24, 2.45) is 11.8 Å². The molecule has 0 unspecified atom stereocenters. The third-order valence-corrected chi connectivity index (χ3v) is 1.22. The van der Waals surface area contributed by atoms with Gasteiger partial charge in [0.1, 0.15) is 0 Å². The first-order valence-corrected chi connectivity index (χ1v) is 2.81. The quantitative estimate of drug-likeness (QED) is 0.415. The van der Waals surface area contributed by atoms with Crippen molar-refractivity contribution >= 4 is 0 Å². The lowest BCUT2D eigenvalue weighted by atomic mass is 10.1. The van der Waals surface area contributed by atoms with Gasteiger partial charge < -0.3 is 5.43 Å². The second-order valence-corrected chi connectivity index (χ2v) is 2.21. The molecule has 0 atom stereocenters. The predicted molar refractivity (Wildman–Crippen MR) is 35.9 cm³/mol. The molecule has 0 aromatic carbocycles. The van der Waals surface area contributed by atoms with E-state index in [0.717, 1.165) is 0 Å². The Morgan fingerprint density at radius 3 is 2.25 bits per heavy atom. The number of nitrogens with two attached hydrogens (primary N) is 1. The van der Waals surface area contributed by atoms with Gasteiger partial charge in [-0.25, -0.2) is 0 Å². The second-order valence-electron chi connectivity index (χ2n) is 2.21. The largest absolute Gasteiger partial charge is 0.331 e. The summed E-state index contributed by atoms with van der Waals surface area (Å²) >= 11 is 0. The Bertz CT molecular complexity index is 84.5. The monoisotopic (exact) mass is 114 g/mol. The summed E-state index contributed by atoms with van der Waals surface area (Å²) in [4.78, 5) is 0. The Morgan fingerprint density at radius 2 is 2.12 bits per heavy atom. The van der Waals surface area contributed by atoms with E-state index in [9.17, 15) is 0 Å². The highest BCUT2D eigenvalue weighted by Gasteiger charge is 1.92. The number of rotatable bonds is 2. The van der Waals surface area contributed by atoms with Crippen molar-refractivity contribution in [3.05, 3.63) is 11.8 Å². The van der Waals surface area contributed by atoms with Crippen LogP contribution in [-0.2, 0) is 0 Å². The molecule has 0 aromatic rings. The molecule has 0 aromatic heterocycles. The first-order valence-electron chi connectivity index (χ1n) is 2.81. The van der Waals surface area contributed by atoms with Crippen LogP contribution in [0.2, 0.25) is 0 Å². The molecule has 0 rings (SSSR count). The van der Waals surface area contributed by atoms with E-state index in [1.165, 1.54) is 5.57 Å². The van der Waals surface area contributed by atoms with Crippen LogP contribution in [0.25, 0.3) is 0 Å². The molecule has 0 saturated heterocycles. The smallest absolute Gasteiger partial charge is 0.0114 e. The van der Waals surface area contributed by atoms with E-state index in [4.69, 9.17) is 5.84 Å². The molecule has 0 aliphatic carbocycles. The van der Waals surface area contributed by atoms with Gasteiger partial charge in [-0.05, 0) is 12.8 Å². The van der Waals surface area contributed by atoms with Gasteiger partial charge in [0.15, 0.2) is 0 Å². The van der Waals surface area contributed by atoms with E-state index in [1.54, 1.807) is 0 Å². The van der Waals surface area contributed by atoms with Crippen LogP contribution >= 0.6 is 0 Å². The molecule has 0 amide bonds. The molecule has 0 fully saturated rings. The first kappa shape index (κ1) is 7.50. The maximum atomic E-state index is 5.04. The van der Waals surface area contributed by atoms with Crippen LogP contribution in [0.5, 0.6) is 0 Å². The molecule has 0 aliphatic rings. The zero-order chi connectivity index (χ0) is 6.57. The fraction of sp³-hybridized carbons (Fsp3) is 0.667. The van der Waals surface area contributed by atoms with Crippen molar-refractivity contribution in [3.8, 4) is 0 Å². The maximum absolute atomic E-state index is 5.04. The fourth-order valence-corrected chi connectivity index (χ4v) is 0.298. The Labute approximate surface area is 50.7 Å². The molecule has 48 valence electrons. The van der Waals surface area contributed by atoms with Gasteiger partial charge in [0.25, 0.3) is 0 Å². The van der Waals surface area contributed by atoms with Crippen LogP contribution in [0.4, 0.5) is 0 Å². The van der Waals surface area contributed by atoms with E-state index in [-0.39, 0.29) is 0 Å². The molecule has 0 spiro atoms. The number of allylic oxidation sites excluding steroid dienone is 1. The molecule has 0 heterocycles. The molecule has 0 aliphatic heterocycles. The van der Waals surface area contributed by atoms with Gasteiger partial charge in [0.05, 0.1) is 0 Å². The minimum absolute atomic E-state index is 0.589. The predicted octanol–water partition coefficient (Wildman–Crippen LogP) is 1.01. The summed E-state index contributed by atoms with van der Waals surface area (Å²) in [6, 6.07) is 0. The molecule has 3 N–H and O–H groups in total. The van der Waals surface area contributed by atoms with E-state index >= 15 is 0 Å². The van der Waals surface area contributed by atoms with Crippen LogP contribution in [0.1, 0.15) is 20.8 Å². The normalized spacial score (nSPS) is 12.4. The highest BCUT2D eigenvalue weighted by atomic mass is 15.2. The Morgan fingerprint density at radius 1 is 1.62 bits per heavy atom. The molecule has 2 nitrogen and oxygen atoms in total. The van der Waals surface area contributed by atoms with Gasteiger partial charge >= 0.3 is 0 Å². The minimum atomic E-state index is 0.589. The van der Waals surface area contributed by atoms with Crippen LogP contribution in [0.15, 0.2) is 11.8 Å².